The molecule has 0 saturated heterocycles. The Kier molecular flexibility index (Phi) is 2.39. The van der Waals surface area contributed by atoms with Crippen LogP contribution in [0.25, 0.3) is 42.7 Å². The zero-order valence-electron chi connectivity index (χ0n) is 9.39. The Balaban J connectivity index is 2.57. The first-order valence-corrected chi connectivity index (χ1v) is 5.22. The number of benzene rings is 1. The minimum atomic E-state index is 0.116. The third-order valence-corrected chi connectivity index (χ3v) is 2.67. The number of rotatable bonds is 2. The van der Waals surface area contributed by atoms with Crippen LogP contribution < -0.4 is 0 Å². The monoisotopic (exact) mass is 251 g/mol. The molecule has 19 heavy (non-hydrogen) atoms. The minimum absolute atomic E-state index is 0.116. The van der Waals surface area contributed by atoms with Crippen molar-refractivity contribution in [2.75, 3.05) is 0 Å². The summed E-state index contributed by atoms with van der Waals surface area (Å²) in [6.07, 6.45) is 0. The molecule has 3 aromatic rings. The predicted octanol–water partition coefficient (Wildman–Crippen LogP) is 3.99. The molecule has 0 saturated carbocycles. The van der Waals surface area contributed by atoms with Gasteiger partial charge in [-0.05, 0) is 27.4 Å². The van der Waals surface area contributed by atoms with Crippen molar-refractivity contribution in [1.82, 2.24) is 15.2 Å². The summed E-state index contributed by atoms with van der Waals surface area (Å²) in [4.78, 5) is 8.50. The normalized spacial score (nSPS) is 10.1. The average molecular weight is 251 g/mol. The second-order valence-corrected chi connectivity index (χ2v) is 3.65. The fourth-order valence-corrected chi connectivity index (χ4v) is 1.96. The number of hydrogen-bond acceptors (Lipinski definition) is 4. The summed E-state index contributed by atoms with van der Waals surface area (Å²) in [6.45, 7) is 0. The van der Waals surface area contributed by atoms with Gasteiger partial charge in [-0.2, -0.15) is 0 Å². The van der Waals surface area contributed by atoms with Crippen LogP contribution in [-0.4, -0.2) is 15.2 Å². The van der Waals surface area contributed by atoms with Crippen molar-refractivity contribution < 1.29 is 0 Å². The molecule has 9 nitrogen and oxygen atoms in total. The first-order valence-electron chi connectivity index (χ1n) is 5.22. The van der Waals surface area contributed by atoms with E-state index in [1.165, 1.54) is 0 Å². The van der Waals surface area contributed by atoms with Crippen molar-refractivity contribution in [3.8, 4) is 0 Å². The number of nitrogens with zero attached hydrogens (tertiary/aromatic N) is 8. The lowest BCUT2D eigenvalue weighted by molar-refractivity contribution is 1.03. The van der Waals surface area contributed by atoms with E-state index in [-0.39, 0.29) is 11.6 Å². The number of H-pyrrole nitrogens is 1. The van der Waals surface area contributed by atoms with Gasteiger partial charge in [0.1, 0.15) is 0 Å². The molecule has 2 aromatic heterocycles. The number of azide groups is 2. The zero-order valence-corrected chi connectivity index (χ0v) is 9.39. The summed E-state index contributed by atoms with van der Waals surface area (Å²) in [5.41, 5.74) is 18.4. The molecule has 0 spiro atoms. The van der Waals surface area contributed by atoms with E-state index in [0.717, 1.165) is 10.9 Å². The quantitative estimate of drug-likeness (QED) is 0.417. The van der Waals surface area contributed by atoms with Gasteiger partial charge in [-0.15, -0.1) is 10.2 Å². The Morgan fingerprint density at radius 3 is 2.47 bits per heavy atom. The molecule has 0 radical (unpaired) electrons. The molecule has 90 valence electrons. The van der Waals surface area contributed by atoms with Gasteiger partial charge in [0.15, 0.2) is 11.6 Å². The van der Waals surface area contributed by atoms with Crippen LogP contribution in [0.4, 0.5) is 11.6 Å². The highest BCUT2D eigenvalue weighted by Crippen LogP contribution is 2.35. The van der Waals surface area contributed by atoms with E-state index in [9.17, 15) is 0 Å². The highest BCUT2D eigenvalue weighted by atomic mass is 15.3. The predicted molar refractivity (Wildman–Crippen MR) is 69.0 cm³/mol. The van der Waals surface area contributed by atoms with E-state index in [0.29, 0.717) is 10.9 Å². The first kappa shape index (κ1) is 10.8. The van der Waals surface area contributed by atoms with Crippen molar-refractivity contribution in [2.24, 2.45) is 10.2 Å². The lowest BCUT2D eigenvalue weighted by Gasteiger charge is -1.97. The number of para-hydroxylation sites is 1. The molecule has 0 aliphatic heterocycles. The van der Waals surface area contributed by atoms with Crippen LogP contribution in [0.2, 0.25) is 0 Å². The van der Waals surface area contributed by atoms with Gasteiger partial charge >= 0.3 is 0 Å². The van der Waals surface area contributed by atoms with E-state index < -0.39 is 0 Å². The number of nitrogens with one attached hydrogen (secondary N) is 1. The van der Waals surface area contributed by atoms with Crippen LogP contribution in [0.5, 0.6) is 0 Å². The Hall–Kier alpha value is -3.28. The average Bonchev–Trinajstić information content (AvgIpc) is 2.82. The van der Waals surface area contributed by atoms with Crippen LogP contribution in [-0.2, 0) is 0 Å². The summed E-state index contributed by atoms with van der Waals surface area (Å²) in [5.74, 6) is 0.262. The van der Waals surface area contributed by atoms with Crippen LogP contribution in [0.1, 0.15) is 0 Å². The first-order chi connectivity index (χ1) is 9.35. The molecule has 1 N–H and O–H groups in total. The second kappa shape index (κ2) is 4.19. The highest BCUT2D eigenvalue weighted by Gasteiger charge is 2.13. The van der Waals surface area contributed by atoms with E-state index in [4.69, 9.17) is 11.1 Å². The molecule has 2 heterocycles. The minimum Gasteiger partial charge on any atom is -0.353 e. The van der Waals surface area contributed by atoms with Gasteiger partial charge in [0.2, 0.25) is 0 Å². The molecule has 0 aliphatic carbocycles. The highest BCUT2D eigenvalue weighted by molar-refractivity contribution is 6.14. The molecule has 3 rings (SSSR count). The number of aromatic amines is 1. The van der Waals surface area contributed by atoms with Gasteiger partial charge in [-0.1, -0.05) is 18.2 Å². The number of fused-ring (bicyclic) bond motifs is 3. The molecule has 0 fully saturated rings. The van der Waals surface area contributed by atoms with Gasteiger partial charge in [-0.25, -0.2) is 0 Å². The molecule has 0 atom stereocenters. The summed E-state index contributed by atoms with van der Waals surface area (Å²) < 4.78 is 0. The molecule has 0 unspecified atom stereocenters. The van der Waals surface area contributed by atoms with Gasteiger partial charge in [0, 0.05) is 26.1 Å². The van der Waals surface area contributed by atoms with Gasteiger partial charge in [0.05, 0.1) is 5.52 Å². The Bertz CT molecular complexity index is 881. The van der Waals surface area contributed by atoms with Crippen molar-refractivity contribution >= 4 is 33.4 Å². The Morgan fingerprint density at radius 2 is 1.68 bits per heavy atom. The van der Waals surface area contributed by atoms with Crippen molar-refractivity contribution in [3.63, 3.8) is 0 Å². The summed E-state index contributed by atoms with van der Waals surface area (Å²) >= 11 is 0. The van der Waals surface area contributed by atoms with Crippen LogP contribution in [0.3, 0.4) is 0 Å². The van der Waals surface area contributed by atoms with Crippen LogP contribution in [0, 0.1) is 0 Å². The van der Waals surface area contributed by atoms with E-state index in [1.54, 1.807) is 0 Å². The van der Waals surface area contributed by atoms with E-state index in [2.05, 4.69) is 35.2 Å². The number of aromatic nitrogens is 3. The van der Waals surface area contributed by atoms with Crippen LogP contribution >= 0.6 is 0 Å². The largest absolute Gasteiger partial charge is 0.353 e. The van der Waals surface area contributed by atoms with Crippen LogP contribution in [0.15, 0.2) is 34.5 Å². The molecule has 0 aliphatic rings. The van der Waals surface area contributed by atoms with E-state index in [1.807, 2.05) is 24.3 Å². The lowest BCUT2D eigenvalue weighted by Crippen LogP contribution is -1.83. The third kappa shape index (κ3) is 1.59. The Morgan fingerprint density at radius 1 is 1.00 bits per heavy atom. The second-order valence-electron chi connectivity index (χ2n) is 3.65. The Labute approximate surface area is 105 Å². The van der Waals surface area contributed by atoms with Gasteiger partial charge in [-0.3, -0.25) is 0 Å². The molecule has 1 aromatic carbocycles. The summed E-state index contributed by atoms with van der Waals surface area (Å²) in [7, 11) is 0. The van der Waals surface area contributed by atoms with Crippen molar-refractivity contribution in [3.05, 3.63) is 45.2 Å². The molecule has 0 amide bonds. The van der Waals surface area contributed by atoms with Crippen molar-refractivity contribution in [1.29, 1.82) is 0 Å². The smallest absolute Gasteiger partial charge is 0.173 e. The fourth-order valence-electron chi connectivity index (χ4n) is 1.96. The van der Waals surface area contributed by atoms with Gasteiger partial charge < -0.3 is 4.98 Å². The molecular formula is C10H5N9. The molecule has 0 bridgehead atoms. The maximum absolute atomic E-state index is 8.56. The molecule has 9 heteroatoms. The zero-order chi connectivity index (χ0) is 13.2. The van der Waals surface area contributed by atoms with Gasteiger partial charge in [0.25, 0.3) is 0 Å². The fraction of sp³-hybridized carbons (Fsp3) is 0. The summed E-state index contributed by atoms with van der Waals surface area (Å²) in [5, 5.41) is 15.9. The standard InChI is InChI=1S/C10H5N9/c11-18-16-9-7-5-3-1-2-4-6(5)13-8(7)10(15-14-9)17-19-12/h1-4,13H. The lowest BCUT2D eigenvalue weighted by atomic mass is 10.2. The third-order valence-electron chi connectivity index (χ3n) is 2.67. The SMILES string of the molecule is [N-]=[N+]=Nc1nnc(N=[N+]=[N-])c2c1[nH]c1ccccc12. The maximum Gasteiger partial charge on any atom is 0.173 e. The molecular weight excluding hydrogens is 246 g/mol. The van der Waals surface area contributed by atoms with E-state index >= 15 is 0 Å². The maximum atomic E-state index is 8.56. The summed E-state index contributed by atoms with van der Waals surface area (Å²) in [6, 6.07) is 7.42. The number of hydrogen-bond donors (Lipinski definition) is 1. The van der Waals surface area contributed by atoms with Crippen molar-refractivity contribution in [2.45, 2.75) is 0 Å². The topological polar surface area (TPSA) is 139 Å².